The Morgan fingerprint density at radius 3 is 3.20 bits per heavy atom. The van der Waals surface area contributed by atoms with E-state index in [1.807, 2.05) is 12.1 Å². The maximum Gasteiger partial charge on any atom is 0.272 e. The van der Waals surface area contributed by atoms with Gasteiger partial charge in [0.25, 0.3) is 5.56 Å². The average Bonchev–Trinajstić information content (AvgIpc) is 2.57. The van der Waals surface area contributed by atoms with E-state index in [4.69, 9.17) is 0 Å². The fourth-order valence-corrected chi connectivity index (χ4v) is 1.67. The van der Waals surface area contributed by atoms with Gasteiger partial charge in [-0.1, -0.05) is 0 Å². The first-order chi connectivity index (χ1) is 7.25. The zero-order valence-corrected chi connectivity index (χ0v) is 8.06. The number of H-pyrrole nitrogens is 1. The third-order valence-corrected chi connectivity index (χ3v) is 2.31. The molecule has 5 nitrogen and oxygen atoms in total. The summed E-state index contributed by atoms with van der Waals surface area (Å²) in [7, 11) is 0. The molecule has 3 aromatic rings. The fraction of sp³-hybridized carbons (Fsp3) is 0.100. The van der Waals surface area contributed by atoms with E-state index in [1.54, 1.807) is 13.1 Å². The Kier molecular flexibility index (Phi) is 1.45. The maximum atomic E-state index is 11.6. The normalized spacial score (nSPS) is 11.3. The lowest BCUT2D eigenvalue weighted by molar-refractivity contribution is 0.898. The van der Waals surface area contributed by atoms with Gasteiger partial charge in [-0.15, -0.1) is 0 Å². The van der Waals surface area contributed by atoms with Gasteiger partial charge in [0.1, 0.15) is 0 Å². The van der Waals surface area contributed by atoms with E-state index < -0.39 is 0 Å². The van der Waals surface area contributed by atoms with Crippen molar-refractivity contribution in [2.24, 2.45) is 0 Å². The lowest BCUT2D eigenvalue weighted by Gasteiger charge is -1.93. The third kappa shape index (κ3) is 1.06. The van der Waals surface area contributed by atoms with Crippen molar-refractivity contribution in [2.75, 3.05) is 0 Å². The molecule has 0 radical (unpaired) electrons. The highest BCUT2D eigenvalue weighted by atomic mass is 16.1. The first kappa shape index (κ1) is 8.16. The molecule has 0 bridgehead atoms. The molecular weight excluding hydrogens is 192 g/mol. The number of aryl methyl sites for hydroxylation is 1. The summed E-state index contributed by atoms with van der Waals surface area (Å²) in [4.78, 5) is 20.1. The van der Waals surface area contributed by atoms with E-state index in [9.17, 15) is 4.79 Å². The second-order valence-corrected chi connectivity index (χ2v) is 3.41. The SMILES string of the molecule is Cc1cc(=O)n2[nH]c3ncccc3c2n1. The van der Waals surface area contributed by atoms with Gasteiger partial charge in [0, 0.05) is 18.0 Å². The first-order valence-corrected chi connectivity index (χ1v) is 4.59. The molecule has 3 heterocycles. The van der Waals surface area contributed by atoms with Crippen LogP contribution < -0.4 is 5.56 Å². The van der Waals surface area contributed by atoms with Crippen LogP contribution in [-0.2, 0) is 0 Å². The molecule has 0 saturated heterocycles. The summed E-state index contributed by atoms with van der Waals surface area (Å²) in [5.74, 6) is 0. The Bertz CT molecular complexity index is 710. The quantitative estimate of drug-likeness (QED) is 0.586. The molecule has 74 valence electrons. The van der Waals surface area contributed by atoms with Gasteiger partial charge in [-0.25, -0.2) is 9.97 Å². The highest BCUT2D eigenvalue weighted by Gasteiger charge is 2.07. The Hall–Kier alpha value is -2.17. The number of pyridine rings is 1. The van der Waals surface area contributed by atoms with Gasteiger partial charge in [-0.3, -0.25) is 9.89 Å². The van der Waals surface area contributed by atoms with Crippen LogP contribution in [-0.4, -0.2) is 19.6 Å². The minimum Gasteiger partial charge on any atom is -0.272 e. The van der Waals surface area contributed by atoms with E-state index in [0.29, 0.717) is 17.0 Å². The minimum absolute atomic E-state index is 0.115. The number of nitrogens with one attached hydrogen (secondary N) is 1. The molecule has 0 unspecified atom stereocenters. The monoisotopic (exact) mass is 200 g/mol. The summed E-state index contributed by atoms with van der Waals surface area (Å²) in [5.41, 5.74) is 1.90. The van der Waals surface area contributed by atoms with Crippen molar-refractivity contribution in [2.45, 2.75) is 6.92 Å². The molecule has 0 saturated carbocycles. The van der Waals surface area contributed by atoms with Crippen molar-refractivity contribution in [3.63, 3.8) is 0 Å². The second-order valence-electron chi connectivity index (χ2n) is 3.41. The van der Waals surface area contributed by atoms with Crippen molar-refractivity contribution in [3.8, 4) is 0 Å². The second kappa shape index (κ2) is 2.66. The van der Waals surface area contributed by atoms with E-state index in [0.717, 1.165) is 5.39 Å². The van der Waals surface area contributed by atoms with Crippen molar-refractivity contribution < 1.29 is 0 Å². The van der Waals surface area contributed by atoms with Crippen LogP contribution in [0.4, 0.5) is 0 Å². The fourth-order valence-electron chi connectivity index (χ4n) is 1.67. The highest BCUT2D eigenvalue weighted by molar-refractivity contribution is 5.89. The Morgan fingerprint density at radius 2 is 2.33 bits per heavy atom. The van der Waals surface area contributed by atoms with Gasteiger partial charge in [-0.2, -0.15) is 4.52 Å². The number of hydrogen-bond donors (Lipinski definition) is 1. The molecule has 1 N–H and O–H groups in total. The van der Waals surface area contributed by atoms with Crippen LogP contribution >= 0.6 is 0 Å². The Balaban J connectivity index is 2.67. The summed E-state index contributed by atoms with van der Waals surface area (Å²) >= 11 is 0. The molecule has 0 fully saturated rings. The van der Waals surface area contributed by atoms with Gasteiger partial charge < -0.3 is 0 Å². The smallest absolute Gasteiger partial charge is 0.272 e. The van der Waals surface area contributed by atoms with E-state index >= 15 is 0 Å². The largest absolute Gasteiger partial charge is 0.272 e. The van der Waals surface area contributed by atoms with E-state index in [1.165, 1.54) is 10.6 Å². The standard InChI is InChI=1S/C10H8N4O/c1-6-5-8(15)14-10(12-6)7-3-2-4-11-9(7)13-14/h2-5H,1H3,(H,11,13). The number of aromatic amines is 1. The maximum absolute atomic E-state index is 11.6. The van der Waals surface area contributed by atoms with Crippen molar-refractivity contribution in [1.82, 2.24) is 19.6 Å². The molecule has 15 heavy (non-hydrogen) atoms. The van der Waals surface area contributed by atoms with Gasteiger partial charge in [-0.05, 0) is 19.1 Å². The third-order valence-electron chi connectivity index (χ3n) is 2.31. The summed E-state index contributed by atoms with van der Waals surface area (Å²) in [6.45, 7) is 1.80. The topological polar surface area (TPSA) is 63.0 Å². The van der Waals surface area contributed by atoms with Crippen molar-refractivity contribution >= 4 is 16.7 Å². The summed E-state index contributed by atoms with van der Waals surface area (Å²) in [5, 5.41) is 3.76. The predicted octanol–water partition coefficient (Wildman–Crippen LogP) is 0.879. The van der Waals surface area contributed by atoms with Crippen LogP contribution in [0.3, 0.4) is 0 Å². The zero-order chi connectivity index (χ0) is 10.4. The minimum atomic E-state index is -0.115. The lowest BCUT2D eigenvalue weighted by Crippen LogP contribution is -2.14. The number of aromatic nitrogens is 4. The summed E-state index contributed by atoms with van der Waals surface area (Å²) < 4.78 is 1.41. The van der Waals surface area contributed by atoms with Gasteiger partial charge in [0.15, 0.2) is 11.3 Å². The van der Waals surface area contributed by atoms with Crippen LogP contribution in [0.1, 0.15) is 5.69 Å². The Labute approximate surface area is 84.4 Å². The summed E-state index contributed by atoms with van der Waals surface area (Å²) in [6.07, 6.45) is 1.68. The zero-order valence-electron chi connectivity index (χ0n) is 8.06. The molecule has 0 aromatic carbocycles. The molecular formula is C10H8N4O. The van der Waals surface area contributed by atoms with Crippen LogP contribution in [0.15, 0.2) is 29.2 Å². The van der Waals surface area contributed by atoms with Crippen LogP contribution in [0.2, 0.25) is 0 Å². The average molecular weight is 200 g/mol. The molecule has 0 aliphatic heterocycles. The molecule has 0 aliphatic carbocycles. The molecule has 0 atom stereocenters. The van der Waals surface area contributed by atoms with Crippen LogP contribution in [0.5, 0.6) is 0 Å². The van der Waals surface area contributed by atoms with Crippen LogP contribution in [0, 0.1) is 6.92 Å². The van der Waals surface area contributed by atoms with Gasteiger partial charge in [0.2, 0.25) is 0 Å². The highest BCUT2D eigenvalue weighted by Crippen LogP contribution is 2.13. The molecule has 3 rings (SSSR count). The first-order valence-electron chi connectivity index (χ1n) is 4.59. The molecule has 5 heteroatoms. The Morgan fingerprint density at radius 1 is 1.47 bits per heavy atom. The molecule has 0 aliphatic rings. The predicted molar refractivity (Wildman–Crippen MR) is 55.9 cm³/mol. The van der Waals surface area contributed by atoms with Crippen molar-refractivity contribution in [3.05, 3.63) is 40.4 Å². The molecule has 3 aromatic heterocycles. The van der Waals surface area contributed by atoms with Gasteiger partial charge >= 0.3 is 0 Å². The lowest BCUT2D eigenvalue weighted by atomic mass is 10.3. The number of nitrogens with zero attached hydrogens (tertiary/aromatic N) is 3. The van der Waals surface area contributed by atoms with E-state index in [-0.39, 0.29) is 5.56 Å². The molecule has 0 spiro atoms. The summed E-state index contributed by atoms with van der Waals surface area (Å²) in [6, 6.07) is 5.20. The number of rotatable bonds is 0. The van der Waals surface area contributed by atoms with Gasteiger partial charge in [0.05, 0.1) is 5.39 Å². The number of fused-ring (bicyclic) bond motifs is 3. The van der Waals surface area contributed by atoms with Crippen molar-refractivity contribution in [1.29, 1.82) is 0 Å². The van der Waals surface area contributed by atoms with E-state index in [2.05, 4.69) is 15.1 Å². The molecule has 0 amide bonds. The number of hydrogen-bond acceptors (Lipinski definition) is 3. The van der Waals surface area contributed by atoms with Crippen LogP contribution in [0.25, 0.3) is 16.7 Å².